The van der Waals surface area contributed by atoms with E-state index in [4.69, 9.17) is 0 Å². The Balaban J connectivity index is 0. The van der Waals surface area contributed by atoms with Gasteiger partial charge in [0.15, 0.2) is 0 Å². The van der Waals surface area contributed by atoms with Gasteiger partial charge in [-0.1, -0.05) is 41.5 Å². The van der Waals surface area contributed by atoms with E-state index >= 15 is 0 Å². The molecule has 1 aliphatic rings. The van der Waals surface area contributed by atoms with Crippen LogP contribution in [-0.2, 0) is 0 Å². The Labute approximate surface area is 91.0 Å². The van der Waals surface area contributed by atoms with E-state index in [-0.39, 0.29) is 0 Å². The predicted molar refractivity (Wildman–Crippen MR) is 67.4 cm³/mol. The van der Waals surface area contributed by atoms with E-state index in [1.807, 2.05) is 27.7 Å². The van der Waals surface area contributed by atoms with Gasteiger partial charge < -0.3 is 5.32 Å². The second-order valence-corrected chi connectivity index (χ2v) is 3.54. The van der Waals surface area contributed by atoms with Crippen molar-refractivity contribution in [2.24, 2.45) is 11.8 Å². The summed E-state index contributed by atoms with van der Waals surface area (Å²) in [5.41, 5.74) is 2.94. The van der Waals surface area contributed by atoms with Gasteiger partial charge in [-0.2, -0.15) is 0 Å². The first-order valence-corrected chi connectivity index (χ1v) is 6.04. The Morgan fingerprint density at radius 1 is 1.07 bits per heavy atom. The maximum atomic E-state index is 3.38. The summed E-state index contributed by atoms with van der Waals surface area (Å²) in [5, 5.41) is 3.38. The maximum Gasteiger partial charge on any atom is 0.0212 e. The molecular weight excluding hydrogens is 170 g/mol. The fraction of sp³-hybridized carbons (Fsp3) is 0.846. The Hall–Kier alpha value is -0.460. The second kappa shape index (κ2) is 9.11. The van der Waals surface area contributed by atoms with Crippen LogP contribution in [0.4, 0.5) is 0 Å². The molecule has 0 spiro atoms. The highest BCUT2D eigenvalue weighted by Gasteiger charge is 2.21. The molecule has 86 valence electrons. The third-order valence-corrected chi connectivity index (χ3v) is 2.54. The zero-order valence-corrected chi connectivity index (χ0v) is 11.4. The monoisotopic (exact) mass is 199 g/mol. The normalized spacial score (nSPS) is 19.4. The predicted octanol–water partition coefficient (Wildman–Crippen LogP) is 4.21. The van der Waals surface area contributed by atoms with Gasteiger partial charge in [-0.15, -0.1) is 0 Å². The van der Waals surface area contributed by atoms with E-state index in [1.54, 1.807) is 5.57 Å². The summed E-state index contributed by atoms with van der Waals surface area (Å²) in [6, 6.07) is 0. The fourth-order valence-electron chi connectivity index (χ4n) is 1.57. The molecule has 1 rings (SSSR count). The molecule has 0 radical (unpaired) electrons. The minimum atomic E-state index is 0.778. The zero-order chi connectivity index (χ0) is 11.7. The van der Waals surface area contributed by atoms with Crippen LogP contribution in [0.15, 0.2) is 11.3 Å². The lowest BCUT2D eigenvalue weighted by molar-refractivity contribution is 0.458. The van der Waals surface area contributed by atoms with Crippen LogP contribution in [0.1, 0.15) is 55.4 Å². The fourth-order valence-corrected chi connectivity index (χ4v) is 1.57. The Bertz CT molecular complexity index is 157. The highest BCUT2D eigenvalue weighted by molar-refractivity contribution is 5.18. The van der Waals surface area contributed by atoms with Crippen LogP contribution in [0.25, 0.3) is 0 Å². The first-order chi connectivity index (χ1) is 6.63. The Morgan fingerprint density at radius 3 is 1.64 bits per heavy atom. The number of hydrogen-bond acceptors (Lipinski definition) is 1. The quantitative estimate of drug-likeness (QED) is 0.667. The molecule has 0 aromatic heterocycles. The summed E-state index contributed by atoms with van der Waals surface area (Å²) in [4.78, 5) is 0. The third-order valence-electron chi connectivity index (χ3n) is 2.54. The summed E-state index contributed by atoms with van der Waals surface area (Å²) in [7, 11) is 0. The van der Waals surface area contributed by atoms with E-state index in [0.717, 1.165) is 18.4 Å². The van der Waals surface area contributed by atoms with Crippen LogP contribution in [-0.4, -0.2) is 6.54 Å². The molecule has 0 saturated heterocycles. The second-order valence-electron chi connectivity index (χ2n) is 3.54. The van der Waals surface area contributed by atoms with E-state index in [2.05, 4.69) is 33.0 Å². The topological polar surface area (TPSA) is 12.0 Å². The summed E-state index contributed by atoms with van der Waals surface area (Å²) >= 11 is 0. The molecule has 0 bridgehead atoms. The van der Waals surface area contributed by atoms with Crippen LogP contribution in [0, 0.1) is 11.8 Å². The van der Waals surface area contributed by atoms with Crippen LogP contribution in [0.2, 0.25) is 0 Å². The molecule has 1 unspecified atom stereocenters. The van der Waals surface area contributed by atoms with Crippen molar-refractivity contribution in [3.8, 4) is 0 Å². The Morgan fingerprint density at radius 2 is 1.50 bits per heavy atom. The number of hydrogen-bond donors (Lipinski definition) is 1. The van der Waals surface area contributed by atoms with Gasteiger partial charge in [-0.25, -0.2) is 0 Å². The average molecular weight is 199 g/mol. The number of rotatable bonds is 1. The van der Waals surface area contributed by atoms with Crippen molar-refractivity contribution >= 4 is 0 Å². The molecule has 0 saturated carbocycles. The molecule has 1 heterocycles. The molecule has 0 aromatic carbocycles. The number of allylic oxidation sites excluding steroid dienone is 1. The van der Waals surface area contributed by atoms with Crippen molar-refractivity contribution < 1.29 is 0 Å². The smallest absolute Gasteiger partial charge is 0.0212 e. The van der Waals surface area contributed by atoms with Crippen molar-refractivity contribution in [2.45, 2.75) is 55.4 Å². The van der Waals surface area contributed by atoms with E-state index in [9.17, 15) is 0 Å². The molecule has 0 fully saturated rings. The summed E-state index contributed by atoms with van der Waals surface area (Å²) < 4.78 is 0. The van der Waals surface area contributed by atoms with Gasteiger partial charge in [0.25, 0.3) is 0 Å². The average Bonchev–Trinajstić information content (AvgIpc) is 2.54. The Kier molecular flexibility index (Phi) is 10.4. The van der Waals surface area contributed by atoms with Crippen molar-refractivity contribution in [3.05, 3.63) is 11.3 Å². The van der Waals surface area contributed by atoms with Gasteiger partial charge in [0.2, 0.25) is 0 Å². The van der Waals surface area contributed by atoms with E-state index in [1.165, 1.54) is 5.70 Å². The molecule has 1 aliphatic heterocycles. The first kappa shape index (κ1) is 16.0. The largest absolute Gasteiger partial charge is 0.388 e. The number of nitrogens with one attached hydrogen (secondary N) is 1. The van der Waals surface area contributed by atoms with Crippen LogP contribution in [0.5, 0.6) is 0 Å². The summed E-state index contributed by atoms with van der Waals surface area (Å²) in [5.74, 6) is 1.56. The molecule has 1 nitrogen and oxygen atoms in total. The highest BCUT2D eigenvalue weighted by atomic mass is 14.9. The van der Waals surface area contributed by atoms with Gasteiger partial charge in [0.1, 0.15) is 0 Å². The molecule has 1 heteroatoms. The third kappa shape index (κ3) is 4.69. The van der Waals surface area contributed by atoms with E-state index in [0.29, 0.717) is 0 Å². The van der Waals surface area contributed by atoms with Gasteiger partial charge in [0.05, 0.1) is 0 Å². The minimum Gasteiger partial charge on any atom is -0.388 e. The molecule has 0 amide bonds. The lowest BCUT2D eigenvalue weighted by Crippen LogP contribution is -2.16. The van der Waals surface area contributed by atoms with Crippen molar-refractivity contribution in [1.82, 2.24) is 5.32 Å². The van der Waals surface area contributed by atoms with Crippen LogP contribution in [0.3, 0.4) is 0 Å². The van der Waals surface area contributed by atoms with Gasteiger partial charge in [-0.3, -0.25) is 0 Å². The first-order valence-electron chi connectivity index (χ1n) is 6.04. The summed E-state index contributed by atoms with van der Waals surface area (Å²) in [6.07, 6.45) is 0. The van der Waals surface area contributed by atoms with Gasteiger partial charge in [-0.05, 0) is 25.3 Å². The molecule has 1 N–H and O–H groups in total. The van der Waals surface area contributed by atoms with Crippen LogP contribution >= 0.6 is 0 Å². The van der Waals surface area contributed by atoms with Crippen molar-refractivity contribution in [2.75, 3.05) is 6.54 Å². The SMILES string of the molecule is CC.CC.CC1=C(C)C(C(C)C)CN1. The van der Waals surface area contributed by atoms with Gasteiger partial charge >= 0.3 is 0 Å². The lowest BCUT2D eigenvalue weighted by atomic mass is 9.91. The lowest BCUT2D eigenvalue weighted by Gasteiger charge is -2.14. The minimum absolute atomic E-state index is 0.778. The maximum absolute atomic E-state index is 3.38. The molecule has 0 aliphatic carbocycles. The standard InChI is InChI=1S/C9H17N.2C2H6/c1-6(2)9-5-10-8(4)7(9)3;2*1-2/h6,9-10H,5H2,1-4H3;2*1-2H3. The highest BCUT2D eigenvalue weighted by Crippen LogP contribution is 2.25. The molecule has 0 aromatic rings. The molecular formula is C13H29N. The van der Waals surface area contributed by atoms with Crippen molar-refractivity contribution in [1.29, 1.82) is 0 Å². The van der Waals surface area contributed by atoms with Gasteiger partial charge in [0, 0.05) is 18.2 Å². The van der Waals surface area contributed by atoms with Crippen LogP contribution < -0.4 is 5.32 Å². The van der Waals surface area contributed by atoms with Crippen molar-refractivity contribution in [3.63, 3.8) is 0 Å². The summed E-state index contributed by atoms with van der Waals surface area (Å²) in [6.45, 7) is 18.1. The molecule has 14 heavy (non-hydrogen) atoms. The zero-order valence-electron chi connectivity index (χ0n) is 11.4. The van der Waals surface area contributed by atoms with E-state index < -0.39 is 0 Å². The molecule has 1 atom stereocenters.